The molecule has 0 aliphatic heterocycles. The van der Waals surface area contributed by atoms with Gasteiger partial charge in [-0.1, -0.05) is 0 Å². The molecule has 7 nitrogen and oxygen atoms in total. The van der Waals surface area contributed by atoms with Gasteiger partial charge < -0.3 is 27.6 Å². The van der Waals surface area contributed by atoms with Gasteiger partial charge in [0.15, 0.2) is 0 Å². The van der Waals surface area contributed by atoms with Crippen molar-refractivity contribution in [3.8, 4) is 0 Å². The zero-order chi connectivity index (χ0) is 10.4. The Morgan fingerprint density at radius 2 is 1.85 bits per heavy atom. The molecule has 13 heavy (non-hydrogen) atoms. The number of carbonyl (C=O) groups is 2. The van der Waals surface area contributed by atoms with Gasteiger partial charge in [0.25, 0.3) is 0 Å². The molecule has 0 aromatic heterocycles. The summed E-state index contributed by atoms with van der Waals surface area (Å²) in [6.07, 6.45) is 0. The highest BCUT2D eigenvalue weighted by molar-refractivity contribution is 5.87. The molecule has 0 rings (SSSR count). The van der Waals surface area contributed by atoms with Gasteiger partial charge in [-0.05, 0) is 0 Å². The van der Waals surface area contributed by atoms with Crippen LogP contribution >= 0.6 is 0 Å². The predicted octanol–water partition coefficient (Wildman–Crippen LogP) is -3.20. The molecule has 0 saturated heterocycles. The van der Waals surface area contributed by atoms with E-state index in [9.17, 15) is 9.59 Å². The van der Waals surface area contributed by atoms with Gasteiger partial charge in [0.05, 0.1) is 6.04 Å². The molecular weight excluding hydrogens is 176 g/mol. The number of nitrogens with one attached hydrogen (secondary N) is 1. The van der Waals surface area contributed by atoms with E-state index in [0.717, 1.165) is 0 Å². The Labute approximate surface area is 75.3 Å². The van der Waals surface area contributed by atoms with Crippen molar-refractivity contribution in [2.75, 3.05) is 13.1 Å². The summed E-state index contributed by atoms with van der Waals surface area (Å²) >= 11 is 0. The average Bonchev–Trinajstić information content (AvgIpc) is 2.11. The van der Waals surface area contributed by atoms with Crippen LogP contribution in [0.15, 0.2) is 0 Å². The van der Waals surface area contributed by atoms with Crippen molar-refractivity contribution >= 4 is 11.9 Å². The minimum absolute atomic E-state index is 0.0389. The summed E-state index contributed by atoms with van der Waals surface area (Å²) in [4.78, 5) is 21.4. The minimum atomic E-state index is -1.19. The van der Waals surface area contributed by atoms with Crippen molar-refractivity contribution < 1.29 is 14.7 Å². The summed E-state index contributed by atoms with van der Waals surface area (Å²) in [6, 6.07) is -2.00. The lowest BCUT2D eigenvalue weighted by atomic mass is 10.2. The van der Waals surface area contributed by atoms with E-state index in [1.165, 1.54) is 0 Å². The number of hydrogen-bond donors (Lipinski definition) is 5. The average molecular weight is 190 g/mol. The quantitative estimate of drug-likeness (QED) is 0.309. The van der Waals surface area contributed by atoms with Crippen molar-refractivity contribution in [3.63, 3.8) is 0 Å². The molecule has 8 N–H and O–H groups in total. The number of carboxylic acids is 1. The fourth-order valence-corrected chi connectivity index (χ4v) is 0.607. The van der Waals surface area contributed by atoms with Crippen LogP contribution in [-0.4, -0.2) is 42.2 Å². The first-order valence-corrected chi connectivity index (χ1v) is 3.71. The number of aliphatic carboxylic acids is 1. The third kappa shape index (κ3) is 3.83. The van der Waals surface area contributed by atoms with Gasteiger partial charge in [0, 0.05) is 13.1 Å². The lowest BCUT2D eigenvalue weighted by Gasteiger charge is -2.14. The number of rotatable bonds is 5. The van der Waals surface area contributed by atoms with Crippen LogP contribution in [0.5, 0.6) is 0 Å². The third-order valence-electron chi connectivity index (χ3n) is 1.44. The Bertz CT molecular complexity index is 196. The molecule has 2 atom stereocenters. The standard InChI is InChI=1S/C6H14N4O3/c7-1-3(9)5(11)10-4(2-8)6(12)13/h3-4H,1-2,7-9H2,(H,10,11)(H,12,13)/t3-,4-/m0/s1. The molecule has 0 bridgehead atoms. The summed E-state index contributed by atoms with van der Waals surface area (Å²) < 4.78 is 0. The zero-order valence-corrected chi connectivity index (χ0v) is 7.06. The SMILES string of the molecule is NC[C@H](NC(=O)[C@@H](N)CN)C(=O)O. The first-order valence-electron chi connectivity index (χ1n) is 3.71. The summed E-state index contributed by atoms with van der Waals surface area (Å²) in [6.45, 7) is -0.221. The van der Waals surface area contributed by atoms with Crippen LogP contribution in [0.25, 0.3) is 0 Å². The molecule has 0 aromatic carbocycles. The number of carboxylic acid groups (broad SMARTS) is 1. The van der Waals surface area contributed by atoms with Crippen LogP contribution in [-0.2, 0) is 9.59 Å². The van der Waals surface area contributed by atoms with E-state index < -0.39 is 24.0 Å². The second-order valence-corrected chi connectivity index (χ2v) is 2.48. The van der Waals surface area contributed by atoms with E-state index >= 15 is 0 Å². The fourth-order valence-electron chi connectivity index (χ4n) is 0.607. The zero-order valence-electron chi connectivity index (χ0n) is 7.06. The summed E-state index contributed by atoms with van der Waals surface area (Å²) in [7, 11) is 0. The van der Waals surface area contributed by atoms with Crippen molar-refractivity contribution in [2.24, 2.45) is 17.2 Å². The number of amides is 1. The summed E-state index contributed by atoms with van der Waals surface area (Å²) in [5.41, 5.74) is 15.4. The van der Waals surface area contributed by atoms with E-state index in [1.54, 1.807) is 0 Å². The Morgan fingerprint density at radius 1 is 1.31 bits per heavy atom. The maximum absolute atomic E-state index is 11.0. The second kappa shape index (κ2) is 5.46. The molecule has 0 aliphatic rings. The van der Waals surface area contributed by atoms with Gasteiger partial charge in [-0.2, -0.15) is 0 Å². The molecule has 0 heterocycles. The monoisotopic (exact) mass is 190 g/mol. The predicted molar refractivity (Wildman–Crippen MR) is 45.7 cm³/mol. The maximum Gasteiger partial charge on any atom is 0.327 e. The second-order valence-electron chi connectivity index (χ2n) is 2.48. The van der Waals surface area contributed by atoms with E-state index in [2.05, 4.69) is 5.32 Å². The molecule has 0 aliphatic carbocycles. The van der Waals surface area contributed by atoms with Gasteiger partial charge in [-0.3, -0.25) is 4.79 Å². The molecule has 76 valence electrons. The fraction of sp³-hybridized carbons (Fsp3) is 0.667. The molecule has 0 saturated carbocycles. The molecule has 1 amide bonds. The Balaban J connectivity index is 4.09. The molecule has 0 spiro atoms. The Kier molecular flexibility index (Phi) is 4.97. The Hall–Kier alpha value is -1.18. The molecule has 0 radical (unpaired) electrons. The summed E-state index contributed by atoms with van der Waals surface area (Å²) in [5, 5.41) is 10.7. The largest absolute Gasteiger partial charge is 0.480 e. The van der Waals surface area contributed by atoms with Crippen LogP contribution < -0.4 is 22.5 Å². The van der Waals surface area contributed by atoms with Crippen molar-refractivity contribution in [1.29, 1.82) is 0 Å². The van der Waals surface area contributed by atoms with Gasteiger partial charge in [0.1, 0.15) is 6.04 Å². The first kappa shape index (κ1) is 11.8. The molecule has 7 heteroatoms. The van der Waals surface area contributed by atoms with E-state index in [1.807, 2.05) is 0 Å². The Morgan fingerprint density at radius 3 is 2.15 bits per heavy atom. The van der Waals surface area contributed by atoms with E-state index in [-0.39, 0.29) is 13.1 Å². The molecule has 0 unspecified atom stereocenters. The van der Waals surface area contributed by atoms with Crippen LogP contribution in [0.4, 0.5) is 0 Å². The van der Waals surface area contributed by atoms with Crippen molar-refractivity contribution in [3.05, 3.63) is 0 Å². The van der Waals surface area contributed by atoms with E-state index in [4.69, 9.17) is 22.3 Å². The lowest BCUT2D eigenvalue weighted by molar-refractivity contribution is -0.141. The van der Waals surface area contributed by atoms with Gasteiger partial charge in [-0.25, -0.2) is 4.79 Å². The topological polar surface area (TPSA) is 144 Å². The highest BCUT2D eigenvalue weighted by Crippen LogP contribution is 1.83. The van der Waals surface area contributed by atoms with Crippen LogP contribution in [0, 0.1) is 0 Å². The molecular formula is C6H14N4O3. The lowest BCUT2D eigenvalue weighted by Crippen LogP contribution is -2.53. The minimum Gasteiger partial charge on any atom is -0.480 e. The smallest absolute Gasteiger partial charge is 0.327 e. The van der Waals surface area contributed by atoms with Gasteiger partial charge >= 0.3 is 5.97 Å². The van der Waals surface area contributed by atoms with E-state index in [0.29, 0.717) is 0 Å². The maximum atomic E-state index is 11.0. The number of hydrogen-bond acceptors (Lipinski definition) is 5. The highest BCUT2D eigenvalue weighted by Gasteiger charge is 2.20. The molecule has 0 aromatic rings. The van der Waals surface area contributed by atoms with Gasteiger partial charge in [-0.15, -0.1) is 0 Å². The first-order chi connectivity index (χ1) is 6.02. The van der Waals surface area contributed by atoms with Crippen molar-refractivity contribution in [1.82, 2.24) is 5.32 Å². The van der Waals surface area contributed by atoms with Gasteiger partial charge in [0.2, 0.25) is 5.91 Å². The number of nitrogens with two attached hydrogens (primary N) is 3. The molecule has 0 fully saturated rings. The normalized spacial score (nSPS) is 14.7. The summed E-state index contributed by atoms with van der Waals surface area (Å²) in [5.74, 6) is -1.81. The van der Waals surface area contributed by atoms with Crippen LogP contribution in [0.3, 0.4) is 0 Å². The number of carbonyl (C=O) groups excluding carboxylic acids is 1. The van der Waals surface area contributed by atoms with Crippen LogP contribution in [0.1, 0.15) is 0 Å². The third-order valence-corrected chi connectivity index (χ3v) is 1.44. The van der Waals surface area contributed by atoms with Crippen LogP contribution in [0.2, 0.25) is 0 Å². The highest BCUT2D eigenvalue weighted by atomic mass is 16.4. The van der Waals surface area contributed by atoms with Crippen molar-refractivity contribution in [2.45, 2.75) is 12.1 Å².